The van der Waals surface area contributed by atoms with Gasteiger partial charge < -0.3 is 9.47 Å². The lowest BCUT2D eigenvalue weighted by molar-refractivity contribution is -0.180. The van der Waals surface area contributed by atoms with Crippen molar-refractivity contribution in [1.29, 1.82) is 0 Å². The molecule has 0 saturated heterocycles. The Labute approximate surface area is 97.3 Å². The van der Waals surface area contributed by atoms with Crippen molar-refractivity contribution in [3.05, 3.63) is 0 Å². The van der Waals surface area contributed by atoms with Gasteiger partial charge in [0.1, 0.15) is 0 Å². The first-order valence-corrected chi connectivity index (χ1v) is 5.71. The summed E-state index contributed by atoms with van der Waals surface area (Å²) in [6.45, 7) is 8.92. The molecule has 0 rings (SSSR count). The lowest BCUT2D eigenvalue weighted by atomic mass is 10.1. The lowest BCUT2D eigenvalue weighted by Gasteiger charge is -2.23. The maximum atomic E-state index is 11.6. The largest absolute Gasteiger partial charge is 0.463 e. The van der Waals surface area contributed by atoms with E-state index in [0.717, 1.165) is 12.8 Å². The highest BCUT2D eigenvalue weighted by Gasteiger charge is 2.34. The second-order valence-electron chi connectivity index (χ2n) is 4.58. The van der Waals surface area contributed by atoms with E-state index in [9.17, 15) is 9.59 Å². The number of carbonyl (C=O) groups excluding carboxylic acids is 2. The molecule has 0 unspecified atom stereocenters. The third-order valence-corrected chi connectivity index (χ3v) is 2.05. The molecule has 0 N–H and O–H groups in total. The average molecular weight is 230 g/mol. The minimum Gasteiger partial charge on any atom is -0.463 e. The number of carbonyl (C=O) groups is 2. The van der Waals surface area contributed by atoms with E-state index in [-0.39, 0.29) is 5.92 Å². The molecular weight excluding hydrogens is 208 g/mol. The monoisotopic (exact) mass is 230 g/mol. The van der Waals surface area contributed by atoms with Gasteiger partial charge in [-0.25, -0.2) is 4.79 Å². The Bertz CT molecular complexity index is 243. The molecule has 94 valence electrons. The zero-order valence-corrected chi connectivity index (χ0v) is 10.8. The predicted molar refractivity (Wildman–Crippen MR) is 60.9 cm³/mol. The van der Waals surface area contributed by atoms with Crippen molar-refractivity contribution in [2.24, 2.45) is 5.92 Å². The second kappa shape index (κ2) is 6.51. The molecule has 0 aromatic rings. The Hall–Kier alpha value is -1.06. The number of hydrogen-bond acceptors (Lipinski definition) is 4. The third kappa shape index (κ3) is 5.14. The van der Waals surface area contributed by atoms with E-state index < -0.39 is 17.5 Å². The standard InChI is InChI=1S/C12H22O4/c1-6-7-8-15-11(14)12(4,5)16-10(13)9(2)3/h9H,6-8H2,1-5H3. The summed E-state index contributed by atoms with van der Waals surface area (Å²) in [5, 5.41) is 0. The van der Waals surface area contributed by atoms with Crippen molar-refractivity contribution in [2.45, 2.75) is 53.1 Å². The van der Waals surface area contributed by atoms with Gasteiger partial charge in [-0.1, -0.05) is 27.2 Å². The highest BCUT2D eigenvalue weighted by molar-refractivity contribution is 5.83. The second-order valence-corrected chi connectivity index (χ2v) is 4.58. The van der Waals surface area contributed by atoms with Gasteiger partial charge >= 0.3 is 11.9 Å². The van der Waals surface area contributed by atoms with Gasteiger partial charge in [0.15, 0.2) is 0 Å². The molecule has 0 aromatic carbocycles. The van der Waals surface area contributed by atoms with E-state index in [0.29, 0.717) is 6.61 Å². The topological polar surface area (TPSA) is 52.6 Å². The minimum absolute atomic E-state index is 0.247. The summed E-state index contributed by atoms with van der Waals surface area (Å²) in [4.78, 5) is 23.0. The molecule has 4 nitrogen and oxygen atoms in total. The minimum atomic E-state index is -1.20. The first-order chi connectivity index (χ1) is 7.31. The smallest absolute Gasteiger partial charge is 0.350 e. The summed E-state index contributed by atoms with van der Waals surface area (Å²) in [5.41, 5.74) is -1.20. The van der Waals surface area contributed by atoms with Gasteiger partial charge in [-0.05, 0) is 20.3 Å². The average Bonchev–Trinajstić information content (AvgIpc) is 2.17. The van der Waals surface area contributed by atoms with Gasteiger partial charge in [0, 0.05) is 0 Å². The Morgan fingerprint density at radius 2 is 1.81 bits per heavy atom. The van der Waals surface area contributed by atoms with E-state index in [4.69, 9.17) is 9.47 Å². The third-order valence-electron chi connectivity index (χ3n) is 2.05. The van der Waals surface area contributed by atoms with Crippen LogP contribution in [0.4, 0.5) is 0 Å². The van der Waals surface area contributed by atoms with Crippen LogP contribution in [-0.4, -0.2) is 24.1 Å². The van der Waals surface area contributed by atoms with Gasteiger partial charge in [-0.2, -0.15) is 0 Å². The van der Waals surface area contributed by atoms with E-state index in [1.54, 1.807) is 27.7 Å². The summed E-state index contributed by atoms with van der Waals surface area (Å²) >= 11 is 0. The maximum absolute atomic E-state index is 11.6. The van der Waals surface area contributed by atoms with Crippen molar-refractivity contribution < 1.29 is 19.1 Å². The number of unbranched alkanes of at least 4 members (excludes halogenated alkanes) is 1. The quantitative estimate of drug-likeness (QED) is 0.519. The summed E-state index contributed by atoms with van der Waals surface area (Å²) in [6, 6.07) is 0. The number of rotatable bonds is 6. The van der Waals surface area contributed by atoms with Gasteiger partial charge in [-0.15, -0.1) is 0 Å². The first-order valence-electron chi connectivity index (χ1n) is 5.71. The summed E-state index contributed by atoms with van der Waals surface area (Å²) < 4.78 is 10.1. The lowest BCUT2D eigenvalue weighted by Crippen LogP contribution is -2.40. The number of hydrogen-bond donors (Lipinski definition) is 0. The molecule has 0 bridgehead atoms. The molecule has 0 aliphatic carbocycles. The molecule has 0 heterocycles. The Kier molecular flexibility index (Phi) is 6.08. The molecule has 0 radical (unpaired) electrons. The van der Waals surface area contributed by atoms with Gasteiger partial charge in [0.25, 0.3) is 0 Å². The van der Waals surface area contributed by atoms with Crippen molar-refractivity contribution in [2.75, 3.05) is 6.61 Å². The number of esters is 2. The zero-order chi connectivity index (χ0) is 12.8. The predicted octanol–water partition coefficient (Wildman–Crippen LogP) is 2.31. The molecule has 0 amide bonds. The molecule has 4 heteroatoms. The van der Waals surface area contributed by atoms with Crippen molar-refractivity contribution >= 4 is 11.9 Å². The summed E-state index contributed by atoms with van der Waals surface area (Å²) in [5.74, 6) is -1.13. The maximum Gasteiger partial charge on any atom is 0.350 e. The van der Waals surface area contributed by atoms with Crippen LogP contribution >= 0.6 is 0 Å². The molecular formula is C12H22O4. The van der Waals surface area contributed by atoms with Crippen LogP contribution in [0.3, 0.4) is 0 Å². The Morgan fingerprint density at radius 3 is 2.25 bits per heavy atom. The highest BCUT2D eigenvalue weighted by atomic mass is 16.6. The first kappa shape index (κ1) is 14.9. The molecule has 0 aliphatic rings. The fraction of sp³-hybridized carbons (Fsp3) is 0.833. The van der Waals surface area contributed by atoms with E-state index in [1.165, 1.54) is 0 Å². The molecule has 0 aromatic heterocycles. The molecule has 0 spiro atoms. The molecule has 0 fully saturated rings. The van der Waals surface area contributed by atoms with Crippen LogP contribution < -0.4 is 0 Å². The van der Waals surface area contributed by atoms with Crippen LogP contribution in [0.1, 0.15) is 47.5 Å². The fourth-order valence-corrected chi connectivity index (χ4v) is 0.894. The van der Waals surface area contributed by atoms with Crippen LogP contribution in [0.2, 0.25) is 0 Å². The van der Waals surface area contributed by atoms with E-state index >= 15 is 0 Å². The van der Waals surface area contributed by atoms with Crippen molar-refractivity contribution in [1.82, 2.24) is 0 Å². The summed E-state index contributed by atoms with van der Waals surface area (Å²) in [7, 11) is 0. The Morgan fingerprint density at radius 1 is 1.25 bits per heavy atom. The van der Waals surface area contributed by atoms with Crippen LogP contribution in [0.15, 0.2) is 0 Å². The normalized spacial score (nSPS) is 11.4. The fourth-order valence-electron chi connectivity index (χ4n) is 0.894. The van der Waals surface area contributed by atoms with E-state index in [2.05, 4.69) is 0 Å². The highest BCUT2D eigenvalue weighted by Crippen LogP contribution is 2.14. The molecule has 0 saturated carbocycles. The van der Waals surface area contributed by atoms with Crippen LogP contribution in [-0.2, 0) is 19.1 Å². The molecule has 0 aliphatic heterocycles. The Balaban J connectivity index is 4.20. The molecule has 16 heavy (non-hydrogen) atoms. The van der Waals surface area contributed by atoms with Crippen LogP contribution in [0, 0.1) is 5.92 Å². The number of ether oxygens (including phenoxy) is 2. The zero-order valence-electron chi connectivity index (χ0n) is 10.8. The van der Waals surface area contributed by atoms with Crippen LogP contribution in [0.25, 0.3) is 0 Å². The van der Waals surface area contributed by atoms with Gasteiger partial charge in [-0.3, -0.25) is 4.79 Å². The van der Waals surface area contributed by atoms with Crippen molar-refractivity contribution in [3.63, 3.8) is 0 Å². The van der Waals surface area contributed by atoms with Gasteiger partial charge in [0.05, 0.1) is 12.5 Å². The van der Waals surface area contributed by atoms with Crippen LogP contribution in [0.5, 0.6) is 0 Å². The SMILES string of the molecule is CCCCOC(=O)C(C)(C)OC(=O)C(C)C. The van der Waals surface area contributed by atoms with Crippen molar-refractivity contribution in [3.8, 4) is 0 Å². The molecule has 0 atom stereocenters. The summed E-state index contributed by atoms with van der Waals surface area (Å²) in [6.07, 6.45) is 1.78. The van der Waals surface area contributed by atoms with E-state index in [1.807, 2.05) is 6.92 Å². The van der Waals surface area contributed by atoms with Gasteiger partial charge in [0.2, 0.25) is 5.60 Å².